The Bertz CT molecular complexity index is 1430. The maximum Gasteiger partial charge on any atom is 0.256 e. The standard InChI is InChI=1S/C27H26N2O5S/c30-27-22(17-25-26(18-6-2-1-3-7-18)20-8-4-5-9-24(20)34-25)21-16-19(10-11-23(21)28-27)35(31,32)29-12-14-33-15-13-29/h1-3,6-7,10-11,16-17H,4-5,8-9,12-15H2,(H,28,30). The molecule has 3 aliphatic rings. The largest absolute Gasteiger partial charge is 0.461 e. The van der Waals surface area contributed by atoms with Crippen LogP contribution in [0.5, 0.6) is 0 Å². The van der Waals surface area contributed by atoms with Gasteiger partial charge in [-0.2, -0.15) is 4.31 Å². The van der Waals surface area contributed by atoms with Crippen LogP contribution in [0.3, 0.4) is 0 Å². The van der Waals surface area contributed by atoms with Gasteiger partial charge >= 0.3 is 0 Å². The molecular formula is C27H26N2O5S. The van der Waals surface area contributed by atoms with Gasteiger partial charge in [0, 0.05) is 41.9 Å². The number of carbonyl (C=O) groups excluding carboxylic acids is 1. The van der Waals surface area contributed by atoms with Crippen LogP contribution >= 0.6 is 0 Å². The maximum absolute atomic E-state index is 13.2. The van der Waals surface area contributed by atoms with Crippen LogP contribution in [0.25, 0.3) is 22.8 Å². The first-order valence-corrected chi connectivity index (χ1v) is 13.4. The first-order chi connectivity index (χ1) is 17.0. The summed E-state index contributed by atoms with van der Waals surface area (Å²) in [4.78, 5) is 13.2. The predicted molar refractivity (Wildman–Crippen MR) is 133 cm³/mol. The second-order valence-electron chi connectivity index (χ2n) is 9.05. The molecule has 3 aromatic rings. The monoisotopic (exact) mass is 490 g/mol. The minimum atomic E-state index is -3.69. The number of aryl methyl sites for hydroxylation is 1. The number of fused-ring (bicyclic) bond motifs is 2. The second kappa shape index (κ2) is 8.78. The highest BCUT2D eigenvalue weighted by Crippen LogP contribution is 2.41. The Balaban J connectivity index is 1.46. The Morgan fingerprint density at radius 1 is 0.971 bits per heavy atom. The zero-order valence-electron chi connectivity index (χ0n) is 19.2. The van der Waals surface area contributed by atoms with E-state index in [1.807, 2.05) is 18.2 Å². The minimum Gasteiger partial charge on any atom is -0.461 e. The number of hydrogen-bond acceptors (Lipinski definition) is 5. The Morgan fingerprint density at radius 2 is 1.74 bits per heavy atom. The number of rotatable bonds is 4. The van der Waals surface area contributed by atoms with Gasteiger partial charge in [-0.3, -0.25) is 4.79 Å². The third-order valence-corrected chi connectivity index (χ3v) is 8.81. The quantitative estimate of drug-likeness (QED) is 0.550. The van der Waals surface area contributed by atoms with Crippen LogP contribution in [-0.4, -0.2) is 44.9 Å². The molecule has 1 saturated heterocycles. The van der Waals surface area contributed by atoms with Crippen LogP contribution in [0, 0.1) is 0 Å². The summed E-state index contributed by atoms with van der Waals surface area (Å²) < 4.78 is 39.5. The van der Waals surface area contributed by atoms with E-state index >= 15 is 0 Å². The summed E-state index contributed by atoms with van der Waals surface area (Å²) in [6.07, 6.45) is 5.78. The number of furan rings is 1. The molecule has 3 heterocycles. The van der Waals surface area contributed by atoms with E-state index in [-0.39, 0.29) is 10.8 Å². The highest BCUT2D eigenvalue weighted by atomic mass is 32.2. The SMILES string of the molecule is O=C1Nc2ccc(S(=O)(=O)N3CCOCC3)cc2C1=Cc1oc2c(c1-c1ccccc1)CCCC2. The van der Waals surface area contributed by atoms with Crippen LogP contribution in [0.4, 0.5) is 5.69 Å². The highest BCUT2D eigenvalue weighted by Gasteiger charge is 2.31. The number of ether oxygens (including phenoxy) is 1. The normalized spacial score (nSPS) is 19.4. The van der Waals surface area contributed by atoms with Crippen molar-refractivity contribution >= 4 is 33.3 Å². The topological polar surface area (TPSA) is 88.9 Å². The summed E-state index contributed by atoms with van der Waals surface area (Å²) in [5.74, 6) is 1.35. The Hall–Kier alpha value is -3.20. The number of sulfonamides is 1. The van der Waals surface area contributed by atoms with Crippen LogP contribution in [0.15, 0.2) is 57.8 Å². The smallest absolute Gasteiger partial charge is 0.256 e. The lowest BCUT2D eigenvalue weighted by Crippen LogP contribution is -2.40. The molecule has 0 unspecified atom stereocenters. The van der Waals surface area contributed by atoms with Crippen molar-refractivity contribution in [3.05, 3.63) is 71.2 Å². The van der Waals surface area contributed by atoms with E-state index in [4.69, 9.17) is 9.15 Å². The summed E-state index contributed by atoms with van der Waals surface area (Å²) in [7, 11) is -3.69. The van der Waals surface area contributed by atoms with Crippen LogP contribution in [-0.2, 0) is 32.4 Å². The van der Waals surface area contributed by atoms with Gasteiger partial charge in [0.2, 0.25) is 10.0 Å². The van der Waals surface area contributed by atoms with Gasteiger partial charge < -0.3 is 14.5 Å². The van der Waals surface area contributed by atoms with E-state index in [0.29, 0.717) is 48.9 Å². The van der Waals surface area contributed by atoms with Crippen molar-refractivity contribution in [2.75, 3.05) is 31.6 Å². The number of nitrogens with one attached hydrogen (secondary N) is 1. The number of anilines is 1. The van der Waals surface area contributed by atoms with Crippen LogP contribution in [0.2, 0.25) is 0 Å². The summed E-state index contributed by atoms with van der Waals surface area (Å²) in [6.45, 7) is 1.39. The predicted octanol–water partition coefficient (Wildman–Crippen LogP) is 4.34. The van der Waals surface area contributed by atoms with Gasteiger partial charge in [0.1, 0.15) is 11.5 Å². The summed E-state index contributed by atoms with van der Waals surface area (Å²) in [6, 6.07) is 14.9. The maximum atomic E-state index is 13.2. The molecule has 0 radical (unpaired) electrons. The molecule has 1 aliphatic carbocycles. The minimum absolute atomic E-state index is 0.169. The Labute approximate surface area is 204 Å². The number of benzene rings is 2. The van der Waals surface area contributed by atoms with Crippen molar-refractivity contribution in [3.8, 4) is 11.1 Å². The zero-order chi connectivity index (χ0) is 24.0. The van der Waals surface area contributed by atoms with E-state index < -0.39 is 10.0 Å². The molecule has 0 spiro atoms. The van der Waals surface area contributed by atoms with Gasteiger partial charge in [-0.1, -0.05) is 30.3 Å². The van der Waals surface area contributed by atoms with Crippen molar-refractivity contribution in [3.63, 3.8) is 0 Å². The highest BCUT2D eigenvalue weighted by molar-refractivity contribution is 7.89. The molecule has 0 bridgehead atoms. The van der Waals surface area contributed by atoms with Gasteiger partial charge in [0.25, 0.3) is 5.91 Å². The molecule has 0 atom stereocenters. The number of carbonyl (C=O) groups is 1. The fraction of sp³-hybridized carbons (Fsp3) is 0.296. The average Bonchev–Trinajstić information content (AvgIpc) is 3.41. The van der Waals surface area contributed by atoms with Crippen molar-refractivity contribution < 1.29 is 22.4 Å². The number of amides is 1. The number of hydrogen-bond donors (Lipinski definition) is 1. The summed E-state index contributed by atoms with van der Waals surface area (Å²) in [5.41, 5.74) is 4.84. The van der Waals surface area contributed by atoms with E-state index in [1.165, 1.54) is 9.87 Å². The first-order valence-electron chi connectivity index (χ1n) is 12.0. The first kappa shape index (κ1) is 22.3. The number of nitrogens with zero attached hydrogens (tertiary/aromatic N) is 1. The van der Waals surface area contributed by atoms with Crippen molar-refractivity contribution in [2.45, 2.75) is 30.6 Å². The third-order valence-electron chi connectivity index (χ3n) is 6.92. The van der Waals surface area contributed by atoms with E-state index in [1.54, 1.807) is 24.3 Å². The molecule has 8 heteroatoms. The molecule has 7 nitrogen and oxygen atoms in total. The lowest BCUT2D eigenvalue weighted by Gasteiger charge is -2.26. The molecule has 35 heavy (non-hydrogen) atoms. The van der Waals surface area contributed by atoms with Crippen LogP contribution < -0.4 is 5.32 Å². The van der Waals surface area contributed by atoms with Gasteiger partial charge in [-0.15, -0.1) is 0 Å². The van der Waals surface area contributed by atoms with E-state index in [2.05, 4.69) is 17.4 Å². The van der Waals surface area contributed by atoms with Gasteiger partial charge in [-0.25, -0.2) is 8.42 Å². The van der Waals surface area contributed by atoms with Gasteiger partial charge in [0.05, 0.1) is 23.7 Å². The van der Waals surface area contributed by atoms with Crippen molar-refractivity contribution in [1.82, 2.24) is 4.31 Å². The van der Waals surface area contributed by atoms with Gasteiger partial charge in [-0.05, 0) is 49.1 Å². The van der Waals surface area contributed by atoms with E-state index in [0.717, 1.165) is 42.6 Å². The van der Waals surface area contributed by atoms with Crippen LogP contribution in [0.1, 0.15) is 35.5 Å². The molecular weight excluding hydrogens is 464 g/mol. The molecule has 2 aromatic carbocycles. The summed E-state index contributed by atoms with van der Waals surface area (Å²) in [5, 5.41) is 2.87. The molecule has 6 rings (SSSR count). The molecule has 1 N–H and O–H groups in total. The van der Waals surface area contributed by atoms with Crippen molar-refractivity contribution in [2.24, 2.45) is 0 Å². The fourth-order valence-electron chi connectivity index (χ4n) is 5.15. The lowest BCUT2D eigenvalue weighted by atomic mass is 9.91. The summed E-state index contributed by atoms with van der Waals surface area (Å²) >= 11 is 0. The molecule has 2 aliphatic heterocycles. The third kappa shape index (κ3) is 3.91. The zero-order valence-corrected chi connectivity index (χ0v) is 20.1. The number of morpholine rings is 1. The fourth-order valence-corrected chi connectivity index (χ4v) is 6.58. The van der Waals surface area contributed by atoms with Crippen molar-refractivity contribution in [1.29, 1.82) is 0 Å². The Kier molecular flexibility index (Phi) is 5.59. The molecule has 1 amide bonds. The molecule has 1 fully saturated rings. The molecule has 0 saturated carbocycles. The molecule has 1 aromatic heterocycles. The second-order valence-corrected chi connectivity index (χ2v) is 11.0. The van der Waals surface area contributed by atoms with E-state index in [9.17, 15) is 13.2 Å². The lowest BCUT2D eigenvalue weighted by molar-refractivity contribution is -0.110. The Morgan fingerprint density at radius 3 is 2.54 bits per heavy atom. The van der Waals surface area contributed by atoms with Gasteiger partial charge in [0.15, 0.2) is 0 Å². The average molecular weight is 491 g/mol. The molecule has 180 valence electrons.